The molecule has 0 aromatic heterocycles. The van der Waals surface area contributed by atoms with E-state index < -0.39 is 24.6 Å². The maximum absolute atomic E-state index is 13.0. The molecule has 1 aliphatic heterocycles. The Balaban J connectivity index is 1.42. The summed E-state index contributed by atoms with van der Waals surface area (Å²) in [4.78, 5) is 2.43. The molecule has 4 fully saturated rings. The van der Waals surface area contributed by atoms with E-state index >= 15 is 0 Å². The van der Waals surface area contributed by atoms with Gasteiger partial charge in [0, 0.05) is 18.4 Å². The molecule has 34 heavy (non-hydrogen) atoms. The highest BCUT2D eigenvalue weighted by atomic mass is 19.3. The van der Waals surface area contributed by atoms with Gasteiger partial charge in [-0.3, -0.25) is 0 Å². The fourth-order valence-electron chi connectivity index (χ4n) is 7.78. The van der Waals surface area contributed by atoms with Crippen molar-refractivity contribution in [1.82, 2.24) is 4.90 Å². The number of piperidine rings is 1. The van der Waals surface area contributed by atoms with Crippen molar-refractivity contribution in [3.05, 3.63) is 35.5 Å². The number of hydrogen-bond donors (Lipinski definition) is 2. The number of fused-ring (bicyclic) bond motifs is 1. The summed E-state index contributed by atoms with van der Waals surface area (Å²) in [5, 5.41) is 20.8. The minimum Gasteiger partial charge on any atom is -0.392 e. The van der Waals surface area contributed by atoms with Gasteiger partial charge in [-0.2, -0.15) is 0 Å². The highest BCUT2D eigenvalue weighted by Crippen LogP contribution is 2.59. The minimum atomic E-state index is -2.17. The number of alkyl halides is 2. The normalized spacial score (nSPS) is 41.4. The monoisotopic (exact) mass is 477 g/mol. The van der Waals surface area contributed by atoms with Crippen LogP contribution in [0.1, 0.15) is 72.1 Å². The lowest BCUT2D eigenvalue weighted by Crippen LogP contribution is -2.42. The van der Waals surface area contributed by atoms with Crippen LogP contribution in [0, 0.1) is 35.0 Å². The van der Waals surface area contributed by atoms with Crippen molar-refractivity contribution in [2.24, 2.45) is 35.0 Å². The maximum atomic E-state index is 13.0. The fraction of sp³-hybridized carbons (Fsp3) is 0.793. The van der Waals surface area contributed by atoms with Crippen molar-refractivity contribution in [2.75, 3.05) is 19.6 Å². The van der Waals surface area contributed by atoms with E-state index in [1.165, 1.54) is 31.3 Å². The molecule has 0 aromatic carbocycles. The summed E-state index contributed by atoms with van der Waals surface area (Å²) in [6, 6.07) is 0. The van der Waals surface area contributed by atoms with Crippen molar-refractivity contribution in [3.63, 3.8) is 0 Å². The second kappa shape index (κ2) is 10.5. The zero-order valence-electron chi connectivity index (χ0n) is 21.4. The van der Waals surface area contributed by atoms with Crippen molar-refractivity contribution in [2.45, 2.75) is 90.8 Å². The van der Waals surface area contributed by atoms with Crippen molar-refractivity contribution in [1.29, 1.82) is 0 Å². The largest absolute Gasteiger partial charge is 0.392 e. The molecule has 7 atom stereocenters. The summed E-state index contributed by atoms with van der Waals surface area (Å²) >= 11 is 0. The van der Waals surface area contributed by atoms with E-state index in [9.17, 15) is 19.0 Å². The first-order valence-electron chi connectivity index (χ1n) is 13.6. The Morgan fingerprint density at radius 1 is 1.15 bits per heavy atom. The van der Waals surface area contributed by atoms with Crippen molar-refractivity contribution >= 4 is 0 Å². The van der Waals surface area contributed by atoms with Gasteiger partial charge in [-0.15, -0.1) is 0 Å². The molecule has 3 nitrogen and oxygen atoms in total. The van der Waals surface area contributed by atoms with Crippen LogP contribution in [0.4, 0.5) is 8.78 Å². The summed E-state index contributed by atoms with van der Waals surface area (Å²) in [5.41, 5.74) is 3.54. The zero-order valence-corrected chi connectivity index (χ0v) is 21.4. The third-order valence-corrected chi connectivity index (χ3v) is 10.1. The molecular formula is C29H45F2NO2. The molecule has 5 heteroatoms. The van der Waals surface area contributed by atoms with Gasteiger partial charge < -0.3 is 15.1 Å². The SMILES string of the molecule is C=C1/C(=C\C=C2/CCC[C@]3(C)[C@@H](C(C)CN4CCC(C(F)F)CC4)CC[C@@H]23)C[C@@H](O)[C@H](C)[C@@H]1O. The molecular weight excluding hydrogens is 432 g/mol. The molecule has 4 rings (SSSR count). The Hall–Kier alpha value is -1.04. The van der Waals surface area contributed by atoms with Gasteiger partial charge in [0.2, 0.25) is 6.43 Å². The number of allylic oxidation sites excluding steroid dienone is 3. The Morgan fingerprint density at radius 3 is 2.53 bits per heavy atom. The highest BCUT2D eigenvalue weighted by molar-refractivity contribution is 5.39. The summed E-state index contributed by atoms with van der Waals surface area (Å²) in [6.45, 7) is 13.5. The Kier molecular flexibility index (Phi) is 8.06. The number of rotatable bonds is 5. The quantitative estimate of drug-likeness (QED) is 0.511. The molecule has 0 bridgehead atoms. The molecule has 4 aliphatic rings. The number of halogens is 2. The number of hydrogen-bond acceptors (Lipinski definition) is 3. The molecule has 3 aliphatic carbocycles. The summed E-state index contributed by atoms with van der Waals surface area (Å²) < 4.78 is 26.1. The summed E-state index contributed by atoms with van der Waals surface area (Å²) in [6.07, 6.45) is 8.89. The second-order valence-electron chi connectivity index (χ2n) is 12.1. The molecule has 0 radical (unpaired) electrons. The van der Waals surface area contributed by atoms with E-state index in [-0.39, 0.29) is 5.92 Å². The predicted molar refractivity (Wildman–Crippen MR) is 134 cm³/mol. The maximum Gasteiger partial charge on any atom is 0.241 e. The van der Waals surface area contributed by atoms with Gasteiger partial charge in [0.1, 0.15) is 0 Å². The first-order chi connectivity index (χ1) is 16.1. The predicted octanol–water partition coefficient (Wildman–Crippen LogP) is 5.99. The summed E-state index contributed by atoms with van der Waals surface area (Å²) in [5.74, 6) is 1.23. The van der Waals surface area contributed by atoms with Gasteiger partial charge in [0.25, 0.3) is 0 Å². The molecule has 3 saturated carbocycles. The number of aliphatic hydroxyl groups excluding tert-OH is 2. The first-order valence-corrected chi connectivity index (χ1v) is 13.6. The van der Waals surface area contributed by atoms with Crippen molar-refractivity contribution < 1.29 is 19.0 Å². The van der Waals surface area contributed by atoms with Crippen LogP contribution in [0.15, 0.2) is 35.5 Å². The van der Waals surface area contributed by atoms with E-state index in [0.29, 0.717) is 42.4 Å². The van der Waals surface area contributed by atoms with Crippen LogP contribution < -0.4 is 0 Å². The van der Waals surface area contributed by atoms with Gasteiger partial charge in [-0.1, -0.05) is 45.1 Å². The van der Waals surface area contributed by atoms with Gasteiger partial charge in [0.05, 0.1) is 12.2 Å². The lowest BCUT2D eigenvalue weighted by Gasteiger charge is -2.45. The zero-order chi connectivity index (χ0) is 24.6. The molecule has 2 N–H and O–H groups in total. The van der Waals surface area contributed by atoms with Crippen LogP contribution in [0.3, 0.4) is 0 Å². The fourth-order valence-corrected chi connectivity index (χ4v) is 7.78. The van der Waals surface area contributed by atoms with Crippen LogP contribution in [0.5, 0.6) is 0 Å². The van der Waals surface area contributed by atoms with Crippen LogP contribution >= 0.6 is 0 Å². The van der Waals surface area contributed by atoms with Crippen LogP contribution in [0.2, 0.25) is 0 Å². The molecule has 0 aromatic rings. The average molecular weight is 478 g/mol. The van der Waals surface area contributed by atoms with E-state index in [4.69, 9.17) is 0 Å². The average Bonchev–Trinajstić information content (AvgIpc) is 3.17. The van der Waals surface area contributed by atoms with Gasteiger partial charge in [-0.25, -0.2) is 8.78 Å². The standard InChI is InChI=1S/C29H45F2NO2/c1-18(17-32-14-11-22(12-15-32)28(30)31)24-9-10-25-21(6-5-13-29(24,25)4)7-8-23-16-26(33)20(3)27(34)19(23)2/h7-8,18,20,22,24-28,33-34H,2,5-6,9-17H2,1,3-4H3/b21-7+,23-8-/t18?,20-,24+,25-,26+,27+,29+/m0/s1. The lowest BCUT2D eigenvalue weighted by molar-refractivity contribution is 0.0227. The molecule has 192 valence electrons. The topological polar surface area (TPSA) is 43.7 Å². The third kappa shape index (κ3) is 5.08. The van der Waals surface area contributed by atoms with Crippen LogP contribution in [-0.2, 0) is 0 Å². The highest BCUT2D eigenvalue weighted by Gasteiger charge is 2.50. The Bertz CT molecular complexity index is 800. The lowest BCUT2D eigenvalue weighted by atomic mass is 9.61. The Morgan fingerprint density at radius 2 is 1.85 bits per heavy atom. The third-order valence-electron chi connectivity index (χ3n) is 10.1. The van der Waals surface area contributed by atoms with E-state index in [1.807, 2.05) is 6.92 Å². The number of nitrogens with zero attached hydrogens (tertiary/aromatic N) is 1. The smallest absolute Gasteiger partial charge is 0.241 e. The Labute approximate surface area is 205 Å². The van der Waals surface area contributed by atoms with Crippen molar-refractivity contribution in [3.8, 4) is 0 Å². The van der Waals surface area contributed by atoms with Gasteiger partial charge in [-0.05, 0) is 98.8 Å². The molecule has 0 spiro atoms. The minimum absolute atomic E-state index is 0.173. The summed E-state index contributed by atoms with van der Waals surface area (Å²) in [7, 11) is 0. The number of aliphatic hydroxyl groups is 2. The van der Waals surface area contributed by atoms with E-state index in [0.717, 1.165) is 37.2 Å². The second-order valence-corrected chi connectivity index (χ2v) is 12.1. The van der Waals surface area contributed by atoms with Crippen LogP contribution in [0.25, 0.3) is 0 Å². The molecule has 1 heterocycles. The number of likely N-dealkylation sites (tertiary alicyclic amines) is 1. The first kappa shape index (κ1) is 26.0. The van der Waals surface area contributed by atoms with Gasteiger partial charge in [0.15, 0.2) is 0 Å². The molecule has 0 amide bonds. The molecule has 1 unspecified atom stereocenters. The van der Waals surface area contributed by atoms with E-state index in [1.54, 1.807) is 0 Å². The van der Waals surface area contributed by atoms with Gasteiger partial charge >= 0.3 is 0 Å². The van der Waals surface area contributed by atoms with E-state index in [2.05, 4.69) is 37.5 Å². The molecule has 1 saturated heterocycles. The van der Waals surface area contributed by atoms with Crippen LogP contribution in [-0.4, -0.2) is 53.4 Å².